The van der Waals surface area contributed by atoms with Crippen molar-refractivity contribution >= 4 is 17.3 Å². The average Bonchev–Trinajstić information content (AvgIpc) is 2.30. The molecule has 0 aliphatic carbocycles. The highest BCUT2D eigenvalue weighted by molar-refractivity contribution is 6.30. The summed E-state index contributed by atoms with van der Waals surface area (Å²) in [4.78, 5) is 2.28. The van der Waals surface area contributed by atoms with E-state index in [1.165, 1.54) is 0 Å². The van der Waals surface area contributed by atoms with E-state index in [0.717, 1.165) is 42.6 Å². The third-order valence-corrected chi connectivity index (χ3v) is 2.85. The second-order valence-corrected chi connectivity index (χ2v) is 4.01. The third-order valence-electron chi connectivity index (χ3n) is 2.62. The number of rotatable bonds is 2. The standard InChI is InChI=1S/C11H15ClN2O/c12-10-2-1-9(8-13)11(7-10)14-3-5-15-6-4-14/h1-2,7H,3-6,8,13H2. The molecule has 4 heteroatoms. The van der Waals surface area contributed by atoms with Crippen LogP contribution in [0.4, 0.5) is 5.69 Å². The topological polar surface area (TPSA) is 38.5 Å². The highest BCUT2D eigenvalue weighted by Gasteiger charge is 2.14. The smallest absolute Gasteiger partial charge is 0.0642 e. The molecule has 2 N–H and O–H groups in total. The van der Waals surface area contributed by atoms with Gasteiger partial charge in [-0.1, -0.05) is 17.7 Å². The second-order valence-electron chi connectivity index (χ2n) is 3.58. The van der Waals surface area contributed by atoms with E-state index in [2.05, 4.69) is 4.90 Å². The Hall–Kier alpha value is -0.770. The van der Waals surface area contributed by atoms with Crippen LogP contribution in [0.1, 0.15) is 5.56 Å². The zero-order valence-electron chi connectivity index (χ0n) is 8.58. The number of nitrogens with zero attached hydrogens (tertiary/aromatic N) is 1. The number of halogens is 1. The Kier molecular flexibility index (Phi) is 3.46. The minimum absolute atomic E-state index is 0.545. The van der Waals surface area contributed by atoms with Crippen molar-refractivity contribution in [1.82, 2.24) is 0 Å². The van der Waals surface area contributed by atoms with E-state index in [0.29, 0.717) is 6.54 Å². The molecule has 82 valence electrons. The van der Waals surface area contributed by atoms with Crippen molar-refractivity contribution in [1.29, 1.82) is 0 Å². The molecule has 1 aromatic rings. The maximum atomic E-state index is 5.99. The molecule has 0 spiro atoms. The minimum atomic E-state index is 0.545. The first kappa shape index (κ1) is 10.7. The highest BCUT2D eigenvalue weighted by atomic mass is 35.5. The third kappa shape index (κ3) is 2.43. The lowest BCUT2D eigenvalue weighted by molar-refractivity contribution is 0.122. The van der Waals surface area contributed by atoms with Crippen LogP contribution in [-0.4, -0.2) is 26.3 Å². The average molecular weight is 227 g/mol. The minimum Gasteiger partial charge on any atom is -0.378 e. The van der Waals surface area contributed by atoms with Gasteiger partial charge in [-0.2, -0.15) is 0 Å². The summed E-state index contributed by atoms with van der Waals surface area (Å²) >= 11 is 5.99. The molecular weight excluding hydrogens is 212 g/mol. The molecule has 0 saturated carbocycles. The number of nitrogens with two attached hydrogens (primary N) is 1. The van der Waals surface area contributed by atoms with Crippen molar-refractivity contribution in [3.05, 3.63) is 28.8 Å². The molecule has 1 heterocycles. The first-order chi connectivity index (χ1) is 7.31. The lowest BCUT2D eigenvalue weighted by Crippen LogP contribution is -2.36. The quantitative estimate of drug-likeness (QED) is 0.833. The lowest BCUT2D eigenvalue weighted by atomic mass is 10.1. The van der Waals surface area contributed by atoms with E-state index in [1.807, 2.05) is 18.2 Å². The second kappa shape index (κ2) is 4.84. The fourth-order valence-electron chi connectivity index (χ4n) is 1.81. The summed E-state index contributed by atoms with van der Waals surface area (Å²) in [7, 11) is 0. The van der Waals surface area contributed by atoms with Gasteiger partial charge in [0.15, 0.2) is 0 Å². The maximum absolute atomic E-state index is 5.99. The number of morpholine rings is 1. The van der Waals surface area contributed by atoms with Gasteiger partial charge in [0.05, 0.1) is 13.2 Å². The molecule has 0 atom stereocenters. The van der Waals surface area contributed by atoms with Crippen LogP contribution in [0.25, 0.3) is 0 Å². The van der Waals surface area contributed by atoms with E-state index >= 15 is 0 Å². The van der Waals surface area contributed by atoms with Crippen LogP contribution in [0, 0.1) is 0 Å². The van der Waals surface area contributed by atoms with Gasteiger partial charge < -0.3 is 15.4 Å². The zero-order chi connectivity index (χ0) is 10.7. The molecule has 0 unspecified atom stereocenters. The van der Waals surface area contributed by atoms with Crippen LogP contribution in [0.3, 0.4) is 0 Å². The number of anilines is 1. The Labute approximate surface area is 94.8 Å². The van der Waals surface area contributed by atoms with Gasteiger partial charge >= 0.3 is 0 Å². The van der Waals surface area contributed by atoms with Crippen LogP contribution in [0.15, 0.2) is 18.2 Å². The van der Waals surface area contributed by atoms with Crippen LogP contribution in [0.2, 0.25) is 5.02 Å². The summed E-state index contributed by atoms with van der Waals surface area (Å²) in [5.41, 5.74) is 7.99. The molecule has 0 aromatic heterocycles. The van der Waals surface area contributed by atoms with Crippen molar-refractivity contribution in [3.63, 3.8) is 0 Å². The van der Waals surface area contributed by atoms with Gasteiger partial charge in [-0.3, -0.25) is 0 Å². The predicted molar refractivity (Wildman–Crippen MR) is 62.4 cm³/mol. The van der Waals surface area contributed by atoms with Crippen LogP contribution >= 0.6 is 11.6 Å². The fourth-order valence-corrected chi connectivity index (χ4v) is 1.97. The predicted octanol–water partition coefficient (Wildman–Crippen LogP) is 1.64. The van der Waals surface area contributed by atoms with E-state index < -0.39 is 0 Å². The summed E-state index contributed by atoms with van der Waals surface area (Å²) in [6, 6.07) is 5.86. The SMILES string of the molecule is NCc1ccc(Cl)cc1N1CCOCC1. The molecule has 0 amide bonds. The Balaban J connectivity index is 2.27. The van der Waals surface area contributed by atoms with E-state index in [9.17, 15) is 0 Å². The molecule has 1 fully saturated rings. The van der Waals surface area contributed by atoms with E-state index in [-0.39, 0.29) is 0 Å². The molecular formula is C11H15ClN2O. The van der Waals surface area contributed by atoms with Gasteiger partial charge in [0.2, 0.25) is 0 Å². The van der Waals surface area contributed by atoms with Gasteiger partial charge in [0.25, 0.3) is 0 Å². The summed E-state index contributed by atoms with van der Waals surface area (Å²) in [6.07, 6.45) is 0. The molecule has 1 aromatic carbocycles. The Morgan fingerprint density at radius 3 is 2.73 bits per heavy atom. The number of hydrogen-bond donors (Lipinski definition) is 1. The molecule has 1 aliphatic rings. The normalized spacial score (nSPS) is 16.8. The van der Waals surface area contributed by atoms with Gasteiger partial charge in [-0.15, -0.1) is 0 Å². The van der Waals surface area contributed by atoms with Gasteiger partial charge in [0, 0.05) is 30.3 Å². The lowest BCUT2D eigenvalue weighted by Gasteiger charge is -2.30. The van der Waals surface area contributed by atoms with Crippen molar-refractivity contribution in [2.75, 3.05) is 31.2 Å². The van der Waals surface area contributed by atoms with Crippen molar-refractivity contribution < 1.29 is 4.74 Å². The Morgan fingerprint density at radius 2 is 2.07 bits per heavy atom. The summed E-state index contributed by atoms with van der Waals surface area (Å²) < 4.78 is 5.32. The van der Waals surface area contributed by atoms with Crippen LogP contribution in [0.5, 0.6) is 0 Å². The highest BCUT2D eigenvalue weighted by Crippen LogP contribution is 2.25. The largest absolute Gasteiger partial charge is 0.378 e. The Bertz CT molecular complexity index is 337. The first-order valence-corrected chi connectivity index (χ1v) is 5.50. The van der Waals surface area contributed by atoms with Gasteiger partial charge in [-0.05, 0) is 17.7 Å². The number of benzene rings is 1. The van der Waals surface area contributed by atoms with Crippen molar-refractivity contribution in [3.8, 4) is 0 Å². The number of hydrogen-bond acceptors (Lipinski definition) is 3. The molecule has 1 aliphatic heterocycles. The summed E-state index contributed by atoms with van der Waals surface area (Å²) in [5.74, 6) is 0. The Morgan fingerprint density at radius 1 is 1.33 bits per heavy atom. The van der Waals surface area contributed by atoms with E-state index in [1.54, 1.807) is 0 Å². The first-order valence-electron chi connectivity index (χ1n) is 5.12. The van der Waals surface area contributed by atoms with Gasteiger partial charge in [0.1, 0.15) is 0 Å². The van der Waals surface area contributed by atoms with Crippen LogP contribution < -0.4 is 10.6 Å². The maximum Gasteiger partial charge on any atom is 0.0642 e. The van der Waals surface area contributed by atoms with Gasteiger partial charge in [-0.25, -0.2) is 0 Å². The fraction of sp³-hybridized carbons (Fsp3) is 0.455. The van der Waals surface area contributed by atoms with Crippen molar-refractivity contribution in [2.24, 2.45) is 5.73 Å². The molecule has 0 bridgehead atoms. The monoisotopic (exact) mass is 226 g/mol. The van der Waals surface area contributed by atoms with Crippen LogP contribution in [-0.2, 0) is 11.3 Å². The zero-order valence-corrected chi connectivity index (χ0v) is 9.33. The van der Waals surface area contributed by atoms with Crippen molar-refractivity contribution in [2.45, 2.75) is 6.54 Å². The summed E-state index contributed by atoms with van der Waals surface area (Å²) in [5, 5.41) is 0.758. The summed E-state index contributed by atoms with van der Waals surface area (Å²) in [6.45, 7) is 3.91. The number of ether oxygens (including phenoxy) is 1. The molecule has 0 radical (unpaired) electrons. The molecule has 2 rings (SSSR count). The van der Waals surface area contributed by atoms with E-state index in [4.69, 9.17) is 22.1 Å². The molecule has 1 saturated heterocycles. The molecule has 3 nitrogen and oxygen atoms in total. The molecule has 15 heavy (non-hydrogen) atoms.